The molecular formula is C49H44O12. The van der Waals surface area contributed by atoms with Gasteiger partial charge in [-0.15, -0.1) is 12.8 Å². The molecule has 0 fully saturated rings. The third-order valence-corrected chi connectivity index (χ3v) is 9.33. The number of hydrogen-bond acceptors (Lipinski definition) is 12. The number of ether oxygens (including phenoxy) is 8. The molecule has 0 aliphatic rings. The molecule has 2 N–H and O–H groups in total. The summed E-state index contributed by atoms with van der Waals surface area (Å²) in [5.74, 6) is 6.22. The maximum Gasteiger partial charge on any atom is 0.342 e. The van der Waals surface area contributed by atoms with Crippen molar-refractivity contribution in [2.75, 3.05) is 53.9 Å². The van der Waals surface area contributed by atoms with Crippen LogP contribution in [0.4, 0.5) is 0 Å². The number of benzene rings is 6. The second-order valence-electron chi connectivity index (χ2n) is 13.6. The zero-order valence-corrected chi connectivity index (χ0v) is 33.6. The van der Waals surface area contributed by atoms with E-state index in [4.69, 9.17) is 50.7 Å². The van der Waals surface area contributed by atoms with Gasteiger partial charge in [-0.1, -0.05) is 60.4 Å². The van der Waals surface area contributed by atoms with E-state index in [1.165, 1.54) is 14.2 Å². The molecule has 6 aromatic rings. The van der Waals surface area contributed by atoms with Crippen molar-refractivity contribution in [3.05, 3.63) is 131 Å². The highest BCUT2D eigenvalue weighted by molar-refractivity contribution is 5.94. The molecule has 0 saturated carbocycles. The van der Waals surface area contributed by atoms with Crippen molar-refractivity contribution in [2.24, 2.45) is 0 Å². The Balaban J connectivity index is 1.03. The largest absolute Gasteiger partial charge is 0.496 e. The highest BCUT2D eigenvalue weighted by Crippen LogP contribution is 2.33. The van der Waals surface area contributed by atoms with Gasteiger partial charge in [0.2, 0.25) is 0 Å². The number of aliphatic hydroxyl groups is 2. The van der Waals surface area contributed by atoms with Gasteiger partial charge in [-0.3, -0.25) is 0 Å². The summed E-state index contributed by atoms with van der Waals surface area (Å²) in [5.41, 5.74) is 1.48. The molecule has 12 nitrogen and oxygen atoms in total. The molecule has 0 aliphatic carbocycles. The lowest BCUT2D eigenvalue weighted by atomic mass is 9.98. The van der Waals surface area contributed by atoms with Crippen LogP contribution in [0.1, 0.15) is 31.8 Å². The Morgan fingerprint density at radius 3 is 1.26 bits per heavy atom. The Morgan fingerprint density at radius 1 is 0.525 bits per heavy atom. The minimum absolute atomic E-state index is 0.133. The summed E-state index contributed by atoms with van der Waals surface area (Å²) in [4.78, 5) is 26.5. The summed E-state index contributed by atoms with van der Waals surface area (Å²) in [6.07, 6.45) is 8.53. The van der Waals surface area contributed by atoms with Crippen LogP contribution < -0.4 is 28.4 Å². The molecule has 2 atom stereocenters. The first kappa shape index (κ1) is 43.2. The number of esters is 2. The first-order chi connectivity index (χ1) is 29.7. The normalized spacial score (nSPS) is 11.7. The molecule has 2 unspecified atom stereocenters. The van der Waals surface area contributed by atoms with E-state index in [0.717, 1.165) is 21.5 Å². The molecule has 0 aliphatic heterocycles. The average Bonchev–Trinajstić information content (AvgIpc) is 3.29. The van der Waals surface area contributed by atoms with Gasteiger partial charge in [0.25, 0.3) is 0 Å². The minimum atomic E-state index is -1.13. The van der Waals surface area contributed by atoms with Crippen molar-refractivity contribution in [1.82, 2.24) is 0 Å². The van der Waals surface area contributed by atoms with Crippen molar-refractivity contribution in [3.8, 4) is 59.2 Å². The lowest BCUT2D eigenvalue weighted by molar-refractivity contribution is 0.0125. The lowest BCUT2D eigenvalue weighted by Gasteiger charge is -2.17. The van der Waals surface area contributed by atoms with Crippen LogP contribution >= 0.6 is 0 Å². The molecule has 0 heterocycles. The van der Waals surface area contributed by atoms with Crippen LogP contribution in [0.25, 0.3) is 21.5 Å². The first-order valence-corrected chi connectivity index (χ1v) is 19.2. The summed E-state index contributed by atoms with van der Waals surface area (Å²) in [6, 6.07) is 32.1. The van der Waals surface area contributed by atoms with Crippen LogP contribution in [-0.2, 0) is 15.9 Å². The molecular weight excluding hydrogens is 781 g/mol. The average molecular weight is 825 g/mol. The van der Waals surface area contributed by atoms with Crippen molar-refractivity contribution in [1.29, 1.82) is 0 Å². The van der Waals surface area contributed by atoms with Crippen molar-refractivity contribution >= 4 is 33.5 Å². The number of fused-ring (bicyclic) bond motifs is 2. The number of terminal acetylenes is 2. The smallest absolute Gasteiger partial charge is 0.342 e. The van der Waals surface area contributed by atoms with Crippen molar-refractivity contribution < 1.29 is 57.7 Å². The van der Waals surface area contributed by atoms with Crippen molar-refractivity contribution in [3.63, 3.8) is 0 Å². The third kappa shape index (κ3) is 11.4. The van der Waals surface area contributed by atoms with E-state index in [1.54, 1.807) is 48.5 Å². The summed E-state index contributed by atoms with van der Waals surface area (Å²) in [7, 11) is 2.86. The highest BCUT2D eigenvalue weighted by Gasteiger charge is 2.23. The van der Waals surface area contributed by atoms with Gasteiger partial charge in [0.15, 0.2) is 0 Å². The predicted molar refractivity (Wildman–Crippen MR) is 229 cm³/mol. The number of para-hydroxylation sites is 2. The predicted octanol–water partition coefficient (Wildman–Crippen LogP) is 6.82. The van der Waals surface area contributed by atoms with Crippen LogP contribution in [0.15, 0.2) is 109 Å². The van der Waals surface area contributed by atoms with E-state index >= 15 is 0 Å². The molecule has 312 valence electrons. The van der Waals surface area contributed by atoms with E-state index in [-0.39, 0.29) is 68.7 Å². The zero-order valence-electron chi connectivity index (χ0n) is 33.6. The third-order valence-electron chi connectivity index (χ3n) is 9.33. The molecule has 0 radical (unpaired) electrons. The van der Waals surface area contributed by atoms with E-state index in [0.29, 0.717) is 34.1 Å². The van der Waals surface area contributed by atoms with Crippen LogP contribution in [0.2, 0.25) is 0 Å². The molecule has 0 saturated heterocycles. The minimum Gasteiger partial charge on any atom is -0.496 e. The lowest BCUT2D eigenvalue weighted by Crippen LogP contribution is -2.25. The van der Waals surface area contributed by atoms with Gasteiger partial charge in [0, 0.05) is 6.42 Å². The van der Waals surface area contributed by atoms with Crippen LogP contribution in [-0.4, -0.2) is 88.2 Å². The monoisotopic (exact) mass is 824 g/mol. The quantitative estimate of drug-likeness (QED) is 0.0615. The number of methoxy groups -OCH3 is 2. The van der Waals surface area contributed by atoms with E-state index in [1.807, 2.05) is 60.7 Å². The highest BCUT2D eigenvalue weighted by atomic mass is 16.6. The van der Waals surface area contributed by atoms with Gasteiger partial charge in [0.05, 0.1) is 14.2 Å². The molecule has 0 aromatic heterocycles. The standard InChI is InChI=1S/C49H44O12/c1-5-21-56-40-17-13-32-15-19-42(26-36(32)24-40)58-28-38(50)30-60-48(52)44-11-7-9-34(46(44)54-3)23-35-10-8-12-45(47(35)55-4)49(53)61-31-39(51)29-59-43-20-16-33-14-18-41(57-22-6-2)25-37(33)27-43/h1-2,7-20,24-27,38-39,50-51H,21-23,28-31H2,3-4H3. The Morgan fingerprint density at radius 2 is 0.902 bits per heavy atom. The fourth-order valence-electron chi connectivity index (χ4n) is 6.45. The second-order valence-corrected chi connectivity index (χ2v) is 13.6. The number of hydrogen-bond donors (Lipinski definition) is 2. The molecule has 6 aromatic carbocycles. The number of carbonyl (C=O) groups is 2. The summed E-state index contributed by atoms with van der Waals surface area (Å²) < 4.78 is 44.8. The maximum absolute atomic E-state index is 13.3. The molecule has 12 heteroatoms. The topological polar surface area (TPSA) is 148 Å². The molecule has 0 amide bonds. The molecule has 6 rings (SSSR count). The van der Waals surface area contributed by atoms with Crippen LogP contribution in [0.5, 0.6) is 34.5 Å². The van der Waals surface area contributed by atoms with Gasteiger partial charge in [-0.2, -0.15) is 0 Å². The van der Waals surface area contributed by atoms with Crippen molar-refractivity contribution in [2.45, 2.75) is 18.6 Å². The second kappa shape index (κ2) is 21.0. The Labute approximate surface area is 353 Å². The van der Waals surface area contributed by atoms with Crippen LogP contribution in [0, 0.1) is 24.7 Å². The molecule has 0 spiro atoms. The first-order valence-electron chi connectivity index (χ1n) is 19.2. The zero-order chi connectivity index (χ0) is 43.1. The van der Waals surface area contributed by atoms with Gasteiger partial charge >= 0.3 is 11.9 Å². The number of aliphatic hydroxyl groups excluding tert-OH is 2. The molecule has 61 heavy (non-hydrogen) atoms. The Kier molecular flexibility index (Phi) is 14.9. The van der Waals surface area contributed by atoms with E-state index in [2.05, 4.69) is 11.8 Å². The van der Waals surface area contributed by atoms with E-state index in [9.17, 15) is 19.8 Å². The maximum atomic E-state index is 13.3. The SMILES string of the molecule is C#CCOc1ccc2ccc(OCC(O)COC(=O)c3cccc(Cc4cccc(C(=O)OCC(O)COc5ccc6ccc(OCC#C)cc6c5)c4OC)c3OC)cc2c1. The fraction of sp³-hybridized carbons (Fsp3) is 0.224. The fourth-order valence-corrected chi connectivity index (χ4v) is 6.45. The number of rotatable bonds is 20. The number of carbonyl (C=O) groups excluding carboxylic acids is 2. The van der Waals surface area contributed by atoms with Gasteiger partial charge < -0.3 is 48.1 Å². The summed E-state index contributed by atoms with van der Waals surface area (Å²) in [6.45, 7) is -0.636. The summed E-state index contributed by atoms with van der Waals surface area (Å²) >= 11 is 0. The van der Waals surface area contributed by atoms with Gasteiger partial charge in [-0.05, 0) is 93.3 Å². The summed E-state index contributed by atoms with van der Waals surface area (Å²) in [5, 5.41) is 24.9. The Bertz CT molecular complexity index is 2390. The van der Waals surface area contributed by atoms with Gasteiger partial charge in [0.1, 0.15) is 97.5 Å². The molecule has 0 bridgehead atoms. The van der Waals surface area contributed by atoms with Crippen LogP contribution in [0.3, 0.4) is 0 Å². The van der Waals surface area contributed by atoms with Gasteiger partial charge in [-0.25, -0.2) is 9.59 Å². The Hall–Kier alpha value is -7.38. The van der Waals surface area contributed by atoms with E-state index < -0.39 is 24.1 Å².